The topological polar surface area (TPSA) is 87.7 Å². The second-order valence-electron chi connectivity index (χ2n) is 6.20. The number of nitrogens with one attached hydrogen (secondary N) is 2. The number of aliphatic carboxylic acids is 1. The monoisotopic (exact) mass is 284 g/mol. The first-order chi connectivity index (χ1) is 9.46. The van der Waals surface area contributed by atoms with Crippen LogP contribution in [0.15, 0.2) is 0 Å². The molecule has 2 rings (SSSR count). The summed E-state index contributed by atoms with van der Waals surface area (Å²) in [6.45, 7) is 3.23. The first-order valence-corrected chi connectivity index (χ1v) is 7.37. The van der Waals surface area contributed by atoms with Crippen LogP contribution in [0.1, 0.15) is 51.9 Å². The fourth-order valence-corrected chi connectivity index (χ4v) is 3.02. The van der Waals surface area contributed by atoms with Crippen LogP contribution in [0.5, 0.6) is 0 Å². The number of hydrogen-bond acceptors (Lipinski definition) is 3. The molecule has 0 radical (unpaired) electrons. The van der Waals surface area contributed by atoms with Crippen LogP contribution in [0.4, 0.5) is 4.79 Å². The van der Waals surface area contributed by atoms with Gasteiger partial charge in [0.15, 0.2) is 0 Å². The van der Waals surface area contributed by atoms with Crippen LogP contribution in [-0.2, 0) is 9.53 Å². The Morgan fingerprint density at radius 3 is 2.15 bits per heavy atom. The first-order valence-electron chi connectivity index (χ1n) is 7.37. The summed E-state index contributed by atoms with van der Waals surface area (Å²) >= 11 is 0. The molecule has 1 aliphatic carbocycles. The maximum Gasteiger partial charge on any atom is 0.329 e. The van der Waals surface area contributed by atoms with Crippen LogP contribution in [0.25, 0.3) is 0 Å². The van der Waals surface area contributed by atoms with E-state index in [-0.39, 0.29) is 11.6 Å². The van der Waals surface area contributed by atoms with Crippen LogP contribution in [0.3, 0.4) is 0 Å². The number of rotatable bonds is 3. The molecule has 0 aromatic carbocycles. The predicted octanol–water partition coefficient (Wildman–Crippen LogP) is 1.64. The number of ether oxygens (including phenoxy) is 1. The molecule has 2 aliphatic rings. The van der Waals surface area contributed by atoms with E-state index in [1.165, 1.54) is 0 Å². The van der Waals surface area contributed by atoms with E-state index in [0.29, 0.717) is 26.1 Å². The van der Waals surface area contributed by atoms with Crippen molar-refractivity contribution in [2.45, 2.75) is 62.9 Å². The zero-order valence-electron chi connectivity index (χ0n) is 12.0. The molecule has 3 N–H and O–H groups in total. The maximum absolute atomic E-state index is 12.2. The van der Waals surface area contributed by atoms with Crippen LogP contribution >= 0.6 is 0 Å². The highest BCUT2D eigenvalue weighted by atomic mass is 16.5. The Hall–Kier alpha value is -1.30. The average molecular weight is 284 g/mol. The SMILES string of the molecule is CC1(NC(=O)NC2(C(=O)O)CCCCC2)CCOCC1. The average Bonchev–Trinajstić information content (AvgIpc) is 2.39. The highest BCUT2D eigenvalue weighted by molar-refractivity contribution is 5.86. The minimum Gasteiger partial charge on any atom is -0.480 e. The van der Waals surface area contributed by atoms with Gasteiger partial charge < -0.3 is 20.5 Å². The number of carboxylic acids is 1. The van der Waals surface area contributed by atoms with E-state index in [4.69, 9.17) is 4.74 Å². The van der Waals surface area contributed by atoms with Crippen molar-refractivity contribution in [1.29, 1.82) is 0 Å². The number of carbonyl (C=O) groups excluding carboxylic acids is 1. The van der Waals surface area contributed by atoms with Gasteiger partial charge >= 0.3 is 12.0 Å². The van der Waals surface area contributed by atoms with E-state index in [2.05, 4.69) is 10.6 Å². The highest BCUT2D eigenvalue weighted by Crippen LogP contribution is 2.28. The number of amides is 2. The Labute approximate surface area is 119 Å². The lowest BCUT2D eigenvalue weighted by Gasteiger charge is -2.38. The van der Waals surface area contributed by atoms with Crippen molar-refractivity contribution in [3.05, 3.63) is 0 Å². The molecule has 20 heavy (non-hydrogen) atoms. The summed E-state index contributed by atoms with van der Waals surface area (Å²) in [5, 5.41) is 15.1. The fraction of sp³-hybridized carbons (Fsp3) is 0.857. The van der Waals surface area contributed by atoms with Crippen LogP contribution < -0.4 is 10.6 Å². The summed E-state index contributed by atoms with van der Waals surface area (Å²) < 4.78 is 5.29. The molecule has 2 fully saturated rings. The number of carbonyl (C=O) groups is 2. The molecule has 0 atom stereocenters. The predicted molar refractivity (Wildman–Crippen MR) is 73.6 cm³/mol. The van der Waals surface area contributed by atoms with Gasteiger partial charge in [0.2, 0.25) is 0 Å². The van der Waals surface area contributed by atoms with Crippen molar-refractivity contribution in [2.24, 2.45) is 0 Å². The lowest BCUT2D eigenvalue weighted by Crippen LogP contribution is -2.61. The quantitative estimate of drug-likeness (QED) is 0.735. The molecule has 0 aromatic heterocycles. The van der Waals surface area contributed by atoms with Gasteiger partial charge in [0.1, 0.15) is 5.54 Å². The second kappa shape index (κ2) is 5.99. The molecule has 1 aliphatic heterocycles. The second-order valence-corrected chi connectivity index (χ2v) is 6.20. The summed E-state index contributed by atoms with van der Waals surface area (Å²) in [4.78, 5) is 23.7. The number of carboxylic acid groups (broad SMARTS) is 1. The number of hydrogen-bond donors (Lipinski definition) is 3. The third kappa shape index (κ3) is 3.42. The molecule has 2 amide bonds. The van der Waals surface area contributed by atoms with E-state index in [9.17, 15) is 14.7 Å². The fourth-order valence-electron chi connectivity index (χ4n) is 3.02. The standard InChI is InChI=1S/C14H24N2O4/c1-13(7-9-20-10-8-13)15-12(19)16-14(11(17)18)5-3-2-4-6-14/h2-10H2,1H3,(H,17,18)(H2,15,16,19). The minimum absolute atomic E-state index is 0.309. The molecule has 6 nitrogen and oxygen atoms in total. The summed E-state index contributed by atoms with van der Waals surface area (Å²) in [5.41, 5.74) is -1.40. The van der Waals surface area contributed by atoms with Gasteiger partial charge in [-0.15, -0.1) is 0 Å². The van der Waals surface area contributed by atoms with Crippen LogP contribution in [0, 0.1) is 0 Å². The van der Waals surface area contributed by atoms with Crippen molar-refractivity contribution in [3.8, 4) is 0 Å². The zero-order chi connectivity index (χ0) is 14.6. The molecule has 1 saturated carbocycles. The lowest BCUT2D eigenvalue weighted by atomic mass is 9.82. The minimum atomic E-state index is -1.09. The Balaban J connectivity index is 1.96. The van der Waals surface area contributed by atoms with E-state index in [0.717, 1.165) is 32.1 Å². The largest absolute Gasteiger partial charge is 0.480 e. The molecular weight excluding hydrogens is 260 g/mol. The van der Waals surface area contributed by atoms with Gasteiger partial charge in [-0.3, -0.25) is 0 Å². The molecule has 1 saturated heterocycles. The summed E-state index contributed by atoms with van der Waals surface area (Å²) in [6, 6.07) is -0.376. The smallest absolute Gasteiger partial charge is 0.329 e. The third-order valence-corrected chi connectivity index (χ3v) is 4.48. The molecule has 1 heterocycles. The lowest BCUT2D eigenvalue weighted by molar-refractivity contribution is -0.145. The van der Waals surface area contributed by atoms with Gasteiger partial charge in [0.25, 0.3) is 0 Å². The summed E-state index contributed by atoms with van der Waals surface area (Å²) in [6.07, 6.45) is 5.24. The van der Waals surface area contributed by atoms with Gasteiger partial charge in [0, 0.05) is 18.8 Å². The van der Waals surface area contributed by atoms with Gasteiger partial charge in [-0.05, 0) is 32.6 Å². The van der Waals surface area contributed by atoms with Crippen molar-refractivity contribution in [1.82, 2.24) is 10.6 Å². The summed E-state index contributed by atoms with van der Waals surface area (Å²) in [5.74, 6) is -0.926. The van der Waals surface area contributed by atoms with Crippen molar-refractivity contribution >= 4 is 12.0 Å². The van der Waals surface area contributed by atoms with Crippen molar-refractivity contribution in [3.63, 3.8) is 0 Å². The number of urea groups is 1. The van der Waals surface area contributed by atoms with E-state index >= 15 is 0 Å². The molecule has 0 bridgehead atoms. The summed E-state index contributed by atoms with van der Waals surface area (Å²) in [7, 11) is 0. The Bertz CT molecular complexity index is 371. The molecule has 0 aromatic rings. The zero-order valence-corrected chi connectivity index (χ0v) is 12.0. The third-order valence-electron chi connectivity index (χ3n) is 4.48. The molecular formula is C14H24N2O4. The van der Waals surface area contributed by atoms with E-state index in [1.807, 2.05) is 6.92 Å². The van der Waals surface area contributed by atoms with Gasteiger partial charge in [-0.25, -0.2) is 9.59 Å². The Morgan fingerprint density at radius 1 is 1.00 bits per heavy atom. The van der Waals surface area contributed by atoms with Gasteiger partial charge in [-0.2, -0.15) is 0 Å². The van der Waals surface area contributed by atoms with E-state index in [1.54, 1.807) is 0 Å². The first kappa shape index (κ1) is 15.1. The highest BCUT2D eigenvalue weighted by Gasteiger charge is 2.42. The molecule has 0 unspecified atom stereocenters. The van der Waals surface area contributed by atoms with Gasteiger partial charge in [-0.1, -0.05) is 19.3 Å². The Kier molecular flexibility index (Phi) is 4.52. The van der Waals surface area contributed by atoms with Gasteiger partial charge in [0.05, 0.1) is 0 Å². The van der Waals surface area contributed by atoms with E-state index < -0.39 is 11.5 Å². The molecule has 114 valence electrons. The van der Waals surface area contributed by atoms with Crippen LogP contribution in [0.2, 0.25) is 0 Å². The molecule has 0 spiro atoms. The normalized spacial score (nSPS) is 24.6. The van der Waals surface area contributed by atoms with Crippen molar-refractivity contribution < 1.29 is 19.4 Å². The molecule has 6 heteroatoms. The Morgan fingerprint density at radius 2 is 1.60 bits per heavy atom. The van der Waals surface area contributed by atoms with Crippen molar-refractivity contribution in [2.75, 3.05) is 13.2 Å². The maximum atomic E-state index is 12.2. The van der Waals surface area contributed by atoms with Crippen LogP contribution in [-0.4, -0.2) is 41.4 Å².